The highest BCUT2D eigenvalue weighted by Crippen LogP contribution is 2.33. The van der Waals surface area contributed by atoms with E-state index >= 15 is 0 Å². The minimum absolute atomic E-state index is 0.312. The van der Waals surface area contributed by atoms with Crippen LogP contribution in [0.3, 0.4) is 0 Å². The van der Waals surface area contributed by atoms with Gasteiger partial charge in [0.15, 0.2) is 5.82 Å². The van der Waals surface area contributed by atoms with E-state index in [2.05, 4.69) is 15.0 Å². The zero-order valence-electron chi connectivity index (χ0n) is 17.4. The molecule has 0 aliphatic heterocycles. The number of hydrogen-bond acceptors (Lipinski definition) is 8. The van der Waals surface area contributed by atoms with E-state index < -0.39 is 0 Å². The van der Waals surface area contributed by atoms with E-state index in [1.807, 2.05) is 24.3 Å². The Hall–Kier alpha value is -3.62. The van der Waals surface area contributed by atoms with Gasteiger partial charge in [0, 0.05) is 30.3 Å². The van der Waals surface area contributed by atoms with Crippen LogP contribution < -0.4 is 20.9 Å². The van der Waals surface area contributed by atoms with Gasteiger partial charge in [-0.15, -0.1) is 0 Å². The summed E-state index contributed by atoms with van der Waals surface area (Å²) in [6.07, 6.45) is 1.71. The first-order valence-corrected chi connectivity index (χ1v) is 10.2. The van der Waals surface area contributed by atoms with Gasteiger partial charge in [0.1, 0.15) is 30.5 Å². The van der Waals surface area contributed by atoms with Crippen LogP contribution in [-0.4, -0.2) is 35.3 Å². The standard InChI is InChI=1S/C23H22ClN5O3/c1-30-8-9-31-21-12-19-16(11-18(21)25)22(26)29-23(28-19)14-5-6-20(17(24)10-14)32-13-15-4-2-3-7-27-15/h2-7,10-12H,8-9,13,25H2,1H3,(H2,26,28,29). The van der Waals surface area contributed by atoms with Crippen LogP contribution in [0.2, 0.25) is 5.02 Å². The van der Waals surface area contributed by atoms with Crippen LogP contribution in [0.25, 0.3) is 22.3 Å². The molecular formula is C23H22ClN5O3. The van der Waals surface area contributed by atoms with Crippen molar-refractivity contribution >= 4 is 34.0 Å². The number of fused-ring (bicyclic) bond motifs is 1. The second-order valence-corrected chi connectivity index (χ2v) is 7.34. The number of nitrogens with two attached hydrogens (primary N) is 2. The van der Waals surface area contributed by atoms with Crippen molar-refractivity contribution in [1.82, 2.24) is 15.0 Å². The lowest BCUT2D eigenvalue weighted by Gasteiger charge is -2.12. The SMILES string of the molecule is COCCOc1cc2nc(-c3ccc(OCc4ccccn4)c(Cl)c3)nc(N)c2cc1N. The Morgan fingerprint density at radius 2 is 1.81 bits per heavy atom. The average molecular weight is 452 g/mol. The summed E-state index contributed by atoms with van der Waals surface area (Å²) in [6, 6.07) is 14.4. The van der Waals surface area contributed by atoms with E-state index in [9.17, 15) is 0 Å². The Morgan fingerprint density at radius 1 is 0.938 bits per heavy atom. The van der Waals surface area contributed by atoms with Crippen molar-refractivity contribution in [3.8, 4) is 22.9 Å². The highest BCUT2D eigenvalue weighted by atomic mass is 35.5. The van der Waals surface area contributed by atoms with Crippen LogP contribution in [0, 0.1) is 0 Å². The smallest absolute Gasteiger partial charge is 0.162 e. The molecule has 9 heteroatoms. The van der Waals surface area contributed by atoms with Gasteiger partial charge in [0.2, 0.25) is 0 Å². The van der Waals surface area contributed by atoms with Gasteiger partial charge in [0.05, 0.1) is 28.5 Å². The van der Waals surface area contributed by atoms with Crippen molar-refractivity contribution in [2.45, 2.75) is 6.61 Å². The number of anilines is 2. The van der Waals surface area contributed by atoms with E-state index in [0.29, 0.717) is 70.1 Å². The Labute approximate surface area is 190 Å². The van der Waals surface area contributed by atoms with E-state index in [4.69, 9.17) is 37.3 Å². The summed E-state index contributed by atoms with van der Waals surface area (Å²) in [4.78, 5) is 13.3. The minimum atomic E-state index is 0.312. The van der Waals surface area contributed by atoms with Gasteiger partial charge in [-0.05, 0) is 36.4 Å². The zero-order chi connectivity index (χ0) is 22.5. The number of rotatable bonds is 8. The molecule has 0 spiro atoms. The molecule has 0 saturated heterocycles. The van der Waals surface area contributed by atoms with E-state index in [1.54, 1.807) is 37.6 Å². The minimum Gasteiger partial charge on any atom is -0.489 e. The topological polar surface area (TPSA) is 118 Å². The van der Waals surface area contributed by atoms with Gasteiger partial charge in [0.25, 0.3) is 0 Å². The van der Waals surface area contributed by atoms with Gasteiger partial charge in [-0.3, -0.25) is 4.98 Å². The fourth-order valence-electron chi connectivity index (χ4n) is 3.08. The Morgan fingerprint density at radius 3 is 2.56 bits per heavy atom. The second kappa shape index (κ2) is 9.67. The lowest BCUT2D eigenvalue weighted by Crippen LogP contribution is -2.06. The van der Waals surface area contributed by atoms with Gasteiger partial charge < -0.3 is 25.7 Å². The van der Waals surface area contributed by atoms with Crippen molar-refractivity contribution in [3.05, 3.63) is 65.4 Å². The predicted molar refractivity (Wildman–Crippen MR) is 125 cm³/mol. The normalized spacial score (nSPS) is 10.9. The summed E-state index contributed by atoms with van der Waals surface area (Å²) >= 11 is 6.44. The van der Waals surface area contributed by atoms with Crippen molar-refractivity contribution in [2.24, 2.45) is 0 Å². The summed E-state index contributed by atoms with van der Waals surface area (Å²) in [7, 11) is 1.60. The maximum Gasteiger partial charge on any atom is 0.162 e. The van der Waals surface area contributed by atoms with Gasteiger partial charge in [-0.1, -0.05) is 17.7 Å². The van der Waals surface area contributed by atoms with E-state index in [0.717, 1.165) is 5.69 Å². The average Bonchev–Trinajstić information content (AvgIpc) is 2.80. The molecule has 4 rings (SSSR count). The molecule has 4 N–H and O–H groups in total. The van der Waals surface area contributed by atoms with Crippen molar-refractivity contribution in [1.29, 1.82) is 0 Å². The number of benzene rings is 2. The summed E-state index contributed by atoms with van der Waals surface area (Å²) < 4.78 is 16.5. The zero-order valence-corrected chi connectivity index (χ0v) is 18.2. The van der Waals surface area contributed by atoms with Crippen LogP contribution in [0.1, 0.15) is 5.69 Å². The van der Waals surface area contributed by atoms with Crippen molar-refractivity contribution in [2.75, 3.05) is 31.8 Å². The molecule has 0 aliphatic rings. The van der Waals surface area contributed by atoms with Crippen LogP contribution >= 0.6 is 11.6 Å². The largest absolute Gasteiger partial charge is 0.489 e. The number of ether oxygens (including phenoxy) is 3. The quantitative estimate of drug-likeness (QED) is 0.303. The van der Waals surface area contributed by atoms with Gasteiger partial charge in [-0.2, -0.15) is 0 Å². The predicted octanol–water partition coefficient (Wildman–Crippen LogP) is 4.11. The molecule has 4 aromatic rings. The summed E-state index contributed by atoms with van der Waals surface area (Å²) in [6.45, 7) is 1.13. The third-order valence-corrected chi connectivity index (χ3v) is 4.99. The highest BCUT2D eigenvalue weighted by Gasteiger charge is 2.13. The van der Waals surface area contributed by atoms with Crippen LogP contribution in [0.15, 0.2) is 54.7 Å². The molecule has 0 radical (unpaired) electrons. The Kier molecular flexibility index (Phi) is 6.53. The first-order chi connectivity index (χ1) is 15.5. The Bertz CT molecular complexity index is 1240. The van der Waals surface area contributed by atoms with E-state index in [-0.39, 0.29) is 0 Å². The number of methoxy groups -OCH3 is 1. The number of hydrogen-bond donors (Lipinski definition) is 2. The van der Waals surface area contributed by atoms with Crippen LogP contribution in [-0.2, 0) is 11.3 Å². The molecule has 164 valence electrons. The molecule has 32 heavy (non-hydrogen) atoms. The van der Waals surface area contributed by atoms with Gasteiger partial charge >= 0.3 is 0 Å². The van der Waals surface area contributed by atoms with Crippen LogP contribution in [0.4, 0.5) is 11.5 Å². The molecule has 0 fully saturated rings. The summed E-state index contributed by atoms with van der Waals surface area (Å²) in [5.74, 6) is 1.79. The number of nitrogens with zero attached hydrogens (tertiary/aromatic N) is 3. The third kappa shape index (κ3) is 4.82. The first-order valence-electron chi connectivity index (χ1n) is 9.86. The first kappa shape index (κ1) is 21.6. The summed E-state index contributed by atoms with van der Waals surface area (Å²) in [5, 5.41) is 1.08. The maximum atomic E-state index is 6.44. The molecule has 0 atom stereocenters. The molecule has 2 aromatic heterocycles. The lowest BCUT2D eigenvalue weighted by molar-refractivity contribution is 0.147. The molecule has 0 aliphatic carbocycles. The molecular weight excluding hydrogens is 430 g/mol. The fourth-order valence-corrected chi connectivity index (χ4v) is 3.31. The number of nitrogen functional groups attached to an aromatic ring is 2. The van der Waals surface area contributed by atoms with Gasteiger partial charge in [-0.25, -0.2) is 9.97 Å². The molecule has 8 nitrogen and oxygen atoms in total. The van der Waals surface area contributed by atoms with Crippen LogP contribution in [0.5, 0.6) is 11.5 Å². The van der Waals surface area contributed by atoms with Crippen molar-refractivity contribution in [3.63, 3.8) is 0 Å². The lowest BCUT2D eigenvalue weighted by atomic mass is 10.1. The molecule has 0 amide bonds. The highest BCUT2D eigenvalue weighted by molar-refractivity contribution is 6.32. The molecule has 2 aromatic carbocycles. The summed E-state index contributed by atoms with van der Waals surface area (Å²) in [5.41, 5.74) is 14.8. The number of halogens is 1. The monoisotopic (exact) mass is 451 g/mol. The number of pyridine rings is 1. The molecule has 0 bridgehead atoms. The fraction of sp³-hybridized carbons (Fsp3) is 0.174. The Balaban J connectivity index is 1.60. The maximum absolute atomic E-state index is 6.44. The van der Waals surface area contributed by atoms with E-state index in [1.165, 1.54) is 0 Å². The molecule has 2 heterocycles. The molecule has 0 saturated carbocycles. The second-order valence-electron chi connectivity index (χ2n) is 6.94. The van der Waals surface area contributed by atoms with Crippen molar-refractivity contribution < 1.29 is 14.2 Å². The third-order valence-electron chi connectivity index (χ3n) is 4.69. The molecule has 0 unspecified atom stereocenters. The number of aromatic nitrogens is 3.